The highest BCUT2D eigenvalue weighted by Crippen LogP contribution is 2.28. The zero-order valence-corrected chi connectivity index (χ0v) is 15.4. The molecular weight excluding hydrogens is 350 g/mol. The fourth-order valence-electron chi connectivity index (χ4n) is 3.57. The third-order valence-electron chi connectivity index (χ3n) is 5.30. The molecule has 2 aliphatic heterocycles. The van der Waals surface area contributed by atoms with Crippen molar-refractivity contribution in [3.8, 4) is 0 Å². The van der Waals surface area contributed by atoms with E-state index in [-0.39, 0.29) is 24.3 Å². The number of amides is 4. The molecule has 2 saturated heterocycles. The number of carbonyl (C=O) groups excluding carboxylic acids is 4. The topological polar surface area (TPSA) is 96.0 Å². The van der Waals surface area contributed by atoms with Crippen LogP contribution < -0.4 is 5.32 Å². The van der Waals surface area contributed by atoms with E-state index in [0.717, 1.165) is 4.90 Å². The lowest BCUT2D eigenvalue weighted by molar-refractivity contribution is -0.149. The molecule has 0 saturated carbocycles. The fourth-order valence-corrected chi connectivity index (χ4v) is 3.57. The molecular formula is C19H23N3O5. The summed E-state index contributed by atoms with van der Waals surface area (Å²) in [6, 6.07) is 8.36. The normalized spacial score (nSPS) is 23.3. The number of esters is 1. The Labute approximate surface area is 157 Å². The largest absolute Gasteiger partial charge is 0.469 e. The van der Waals surface area contributed by atoms with E-state index in [1.807, 2.05) is 6.07 Å². The molecule has 1 aromatic carbocycles. The molecule has 0 aliphatic carbocycles. The van der Waals surface area contributed by atoms with Gasteiger partial charge in [0, 0.05) is 13.1 Å². The first kappa shape index (κ1) is 18.9. The van der Waals surface area contributed by atoms with Crippen molar-refractivity contribution in [3.05, 3.63) is 35.9 Å². The van der Waals surface area contributed by atoms with Crippen LogP contribution in [-0.4, -0.2) is 60.4 Å². The van der Waals surface area contributed by atoms with Gasteiger partial charge in [-0.3, -0.25) is 19.3 Å². The summed E-state index contributed by atoms with van der Waals surface area (Å²) in [5.74, 6) is -1.23. The molecule has 27 heavy (non-hydrogen) atoms. The number of imide groups is 1. The van der Waals surface area contributed by atoms with Crippen LogP contribution in [0.5, 0.6) is 0 Å². The van der Waals surface area contributed by atoms with Gasteiger partial charge in [-0.15, -0.1) is 0 Å². The van der Waals surface area contributed by atoms with Gasteiger partial charge in [0.2, 0.25) is 5.91 Å². The van der Waals surface area contributed by atoms with Gasteiger partial charge < -0.3 is 15.0 Å². The zero-order valence-electron chi connectivity index (χ0n) is 15.4. The minimum absolute atomic E-state index is 0.211. The van der Waals surface area contributed by atoms with E-state index >= 15 is 0 Å². The van der Waals surface area contributed by atoms with E-state index in [1.165, 1.54) is 7.11 Å². The van der Waals surface area contributed by atoms with E-state index in [1.54, 1.807) is 36.1 Å². The molecule has 0 spiro atoms. The summed E-state index contributed by atoms with van der Waals surface area (Å²) in [5, 5.41) is 2.69. The van der Waals surface area contributed by atoms with Crippen LogP contribution in [0.3, 0.4) is 0 Å². The first-order chi connectivity index (χ1) is 12.9. The molecule has 0 aromatic heterocycles. The third kappa shape index (κ3) is 3.51. The van der Waals surface area contributed by atoms with Crippen LogP contribution in [0.1, 0.15) is 25.3 Å². The second-order valence-electron chi connectivity index (χ2n) is 6.99. The van der Waals surface area contributed by atoms with E-state index in [9.17, 15) is 19.2 Å². The van der Waals surface area contributed by atoms with Gasteiger partial charge in [0.05, 0.1) is 13.0 Å². The van der Waals surface area contributed by atoms with E-state index in [4.69, 9.17) is 4.74 Å². The van der Waals surface area contributed by atoms with Gasteiger partial charge in [-0.1, -0.05) is 30.3 Å². The lowest BCUT2D eigenvalue weighted by Crippen LogP contribution is -2.47. The van der Waals surface area contributed by atoms with E-state index in [2.05, 4.69) is 5.32 Å². The van der Waals surface area contributed by atoms with Crippen LogP contribution in [0.25, 0.3) is 0 Å². The van der Waals surface area contributed by atoms with Gasteiger partial charge in [-0.2, -0.15) is 0 Å². The Bertz CT molecular complexity index is 758. The summed E-state index contributed by atoms with van der Waals surface area (Å²) in [6.07, 6.45) is 1.03. The number of piperidine rings is 1. The van der Waals surface area contributed by atoms with E-state index < -0.39 is 17.5 Å². The molecule has 2 heterocycles. The lowest BCUT2D eigenvalue weighted by Gasteiger charge is -2.31. The highest BCUT2D eigenvalue weighted by Gasteiger charge is 2.49. The maximum absolute atomic E-state index is 12.8. The predicted molar refractivity (Wildman–Crippen MR) is 95.4 cm³/mol. The van der Waals surface area contributed by atoms with Gasteiger partial charge >= 0.3 is 12.0 Å². The zero-order chi connectivity index (χ0) is 19.6. The van der Waals surface area contributed by atoms with Gasteiger partial charge in [0.1, 0.15) is 12.1 Å². The summed E-state index contributed by atoms with van der Waals surface area (Å²) in [4.78, 5) is 51.9. The number of carbonyl (C=O) groups is 4. The van der Waals surface area contributed by atoms with Crippen LogP contribution in [0.2, 0.25) is 0 Å². The Kier molecular flexibility index (Phi) is 5.16. The Balaban J connectivity index is 1.64. The van der Waals surface area contributed by atoms with Crippen LogP contribution in [0, 0.1) is 5.92 Å². The SMILES string of the molecule is COC(=O)C1CCN(C(=O)CN2C(=O)N[C@](C)(c3ccccc3)C2=O)CC1. The molecule has 1 aromatic rings. The quantitative estimate of drug-likeness (QED) is 0.624. The maximum atomic E-state index is 12.8. The molecule has 1 N–H and O–H groups in total. The molecule has 144 valence electrons. The fraction of sp³-hybridized carbons (Fsp3) is 0.474. The number of urea groups is 1. The molecule has 2 aliphatic rings. The van der Waals surface area contributed by atoms with Gasteiger partial charge in [0.15, 0.2) is 0 Å². The van der Waals surface area contributed by atoms with Crippen molar-refractivity contribution in [2.45, 2.75) is 25.3 Å². The van der Waals surface area contributed by atoms with Crippen molar-refractivity contribution in [1.82, 2.24) is 15.1 Å². The summed E-state index contributed by atoms with van der Waals surface area (Å²) < 4.78 is 4.74. The molecule has 8 heteroatoms. The highest BCUT2D eigenvalue weighted by atomic mass is 16.5. The number of ether oxygens (including phenoxy) is 1. The Hall–Kier alpha value is -2.90. The standard InChI is InChI=1S/C19H23N3O5/c1-19(14-6-4-3-5-7-14)17(25)22(18(26)20-19)12-15(23)21-10-8-13(9-11-21)16(24)27-2/h3-7,13H,8-12H2,1-2H3,(H,20,26)/t19-/m1/s1. The van der Waals surface area contributed by atoms with Crippen molar-refractivity contribution >= 4 is 23.8 Å². The molecule has 3 rings (SSSR count). The monoisotopic (exact) mass is 373 g/mol. The molecule has 1 atom stereocenters. The smallest absolute Gasteiger partial charge is 0.325 e. The molecule has 0 bridgehead atoms. The lowest BCUT2D eigenvalue weighted by atomic mass is 9.92. The molecule has 0 unspecified atom stereocenters. The van der Waals surface area contributed by atoms with E-state index in [0.29, 0.717) is 31.5 Å². The van der Waals surface area contributed by atoms with Crippen LogP contribution >= 0.6 is 0 Å². The van der Waals surface area contributed by atoms with Crippen LogP contribution in [0.15, 0.2) is 30.3 Å². The van der Waals surface area contributed by atoms with Crippen molar-refractivity contribution in [2.75, 3.05) is 26.7 Å². The Morgan fingerprint density at radius 2 is 1.81 bits per heavy atom. The molecule has 8 nitrogen and oxygen atoms in total. The first-order valence-electron chi connectivity index (χ1n) is 8.92. The first-order valence-corrected chi connectivity index (χ1v) is 8.92. The number of likely N-dealkylation sites (tertiary alicyclic amines) is 1. The molecule has 0 radical (unpaired) electrons. The number of rotatable bonds is 4. The van der Waals surface area contributed by atoms with Gasteiger partial charge in [-0.25, -0.2) is 4.79 Å². The van der Waals surface area contributed by atoms with Crippen molar-refractivity contribution in [3.63, 3.8) is 0 Å². The number of methoxy groups -OCH3 is 1. The van der Waals surface area contributed by atoms with Gasteiger partial charge in [-0.05, 0) is 25.3 Å². The van der Waals surface area contributed by atoms with Crippen molar-refractivity contribution in [1.29, 1.82) is 0 Å². The average Bonchev–Trinajstić information content (AvgIpc) is 2.92. The second kappa shape index (κ2) is 7.38. The highest BCUT2D eigenvalue weighted by molar-refractivity contribution is 6.09. The number of hydrogen-bond acceptors (Lipinski definition) is 5. The van der Waals surface area contributed by atoms with Crippen molar-refractivity contribution < 1.29 is 23.9 Å². The minimum Gasteiger partial charge on any atom is -0.469 e. The summed E-state index contributed by atoms with van der Waals surface area (Å²) in [6.45, 7) is 2.13. The predicted octanol–water partition coefficient (Wildman–Crippen LogP) is 0.865. The van der Waals surface area contributed by atoms with Gasteiger partial charge in [0.25, 0.3) is 5.91 Å². The summed E-state index contributed by atoms with van der Waals surface area (Å²) in [5.41, 5.74) is -0.520. The number of hydrogen-bond donors (Lipinski definition) is 1. The number of nitrogens with zero attached hydrogens (tertiary/aromatic N) is 2. The molecule has 2 fully saturated rings. The van der Waals surface area contributed by atoms with Crippen molar-refractivity contribution in [2.24, 2.45) is 5.92 Å². The Morgan fingerprint density at radius 3 is 2.41 bits per heavy atom. The Morgan fingerprint density at radius 1 is 1.19 bits per heavy atom. The third-order valence-corrected chi connectivity index (χ3v) is 5.30. The van der Waals surface area contributed by atoms with Crippen LogP contribution in [-0.2, 0) is 24.7 Å². The van der Waals surface area contributed by atoms with Crippen LogP contribution in [0.4, 0.5) is 4.79 Å². The number of benzene rings is 1. The summed E-state index contributed by atoms with van der Waals surface area (Å²) >= 11 is 0. The number of nitrogens with one attached hydrogen (secondary N) is 1. The maximum Gasteiger partial charge on any atom is 0.325 e. The average molecular weight is 373 g/mol. The second-order valence-corrected chi connectivity index (χ2v) is 6.99. The molecule has 4 amide bonds. The summed E-state index contributed by atoms with van der Waals surface area (Å²) in [7, 11) is 1.35. The minimum atomic E-state index is -1.18.